The third-order valence-electron chi connectivity index (χ3n) is 3.74. The summed E-state index contributed by atoms with van der Waals surface area (Å²) < 4.78 is 5.25. The molecule has 3 rings (SSSR count). The molecule has 0 spiro atoms. The summed E-state index contributed by atoms with van der Waals surface area (Å²) in [6.45, 7) is 0. The summed E-state index contributed by atoms with van der Waals surface area (Å²) in [6.07, 6.45) is 1.52. The Morgan fingerprint density at radius 2 is 1.68 bits per heavy atom. The largest absolute Gasteiger partial charge is 0.497 e. The van der Waals surface area contributed by atoms with Crippen LogP contribution in [0.4, 0.5) is 11.4 Å². The Morgan fingerprint density at radius 1 is 0.960 bits per heavy atom. The first kappa shape index (κ1) is 16.4. The van der Waals surface area contributed by atoms with Gasteiger partial charge in [-0.1, -0.05) is 36.4 Å². The molecule has 0 radical (unpaired) electrons. The van der Waals surface area contributed by atoms with Crippen molar-refractivity contribution in [3.05, 3.63) is 88.5 Å². The van der Waals surface area contributed by atoms with E-state index in [9.17, 15) is 10.1 Å². The predicted molar refractivity (Wildman–Crippen MR) is 98.8 cm³/mol. The Bertz CT molecular complexity index is 935. The van der Waals surface area contributed by atoms with Crippen LogP contribution >= 0.6 is 0 Å². The van der Waals surface area contributed by atoms with Crippen molar-refractivity contribution >= 4 is 17.6 Å². The minimum atomic E-state index is -0.409. The van der Waals surface area contributed by atoms with Crippen molar-refractivity contribution in [3.8, 4) is 16.9 Å². The first-order chi connectivity index (χ1) is 12.2. The number of nitro benzene ring substituents is 1. The lowest BCUT2D eigenvalue weighted by Gasteiger charge is -2.05. The van der Waals surface area contributed by atoms with Crippen molar-refractivity contribution in [1.82, 2.24) is 0 Å². The summed E-state index contributed by atoms with van der Waals surface area (Å²) in [5, 5.41) is 11.1. The highest BCUT2D eigenvalue weighted by atomic mass is 16.6. The van der Waals surface area contributed by atoms with E-state index in [1.165, 1.54) is 12.3 Å². The number of rotatable bonds is 5. The minimum Gasteiger partial charge on any atom is -0.497 e. The summed E-state index contributed by atoms with van der Waals surface area (Å²) >= 11 is 0. The third-order valence-corrected chi connectivity index (χ3v) is 3.74. The topological polar surface area (TPSA) is 64.7 Å². The molecule has 3 aromatic carbocycles. The van der Waals surface area contributed by atoms with Gasteiger partial charge in [0, 0.05) is 12.3 Å². The molecule has 0 saturated heterocycles. The maximum atomic E-state index is 11.1. The molecular weight excluding hydrogens is 316 g/mol. The highest BCUT2D eigenvalue weighted by Crippen LogP contribution is 2.27. The van der Waals surface area contributed by atoms with Crippen molar-refractivity contribution in [1.29, 1.82) is 0 Å². The first-order valence-electron chi connectivity index (χ1n) is 7.69. The van der Waals surface area contributed by atoms with Gasteiger partial charge in [-0.25, -0.2) is 0 Å². The normalized spacial score (nSPS) is 10.8. The van der Waals surface area contributed by atoms with Crippen molar-refractivity contribution in [2.45, 2.75) is 0 Å². The fourth-order valence-corrected chi connectivity index (χ4v) is 2.48. The van der Waals surface area contributed by atoms with Gasteiger partial charge in [-0.05, 0) is 41.5 Å². The zero-order valence-electron chi connectivity index (χ0n) is 13.6. The number of benzene rings is 3. The van der Waals surface area contributed by atoms with Crippen molar-refractivity contribution < 1.29 is 9.66 Å². The molecule has 0 bridgehead atoms. The molecule has 0 atom stereocenters. The molecule has 0 heterocycles. The lowest BCUT2D eigenvalue weighted by Crippen LogP contribution is -1.93. The maximum Gasteiger partial charge on any atom is 0.278 e. The number of methoxy groups -OCH3 is 1. The first-order valence-corrected chi connectivity index (χ1v) is 7.69. The van der Waals surface area contributed by atoms with Gasteiger partial charge >= 0.3 is 0 Å². The molecule has 5 heteroatoms. The van der Waals surface area contributed by atoms with Crippen LogP contribution in [0.15, 0.2) is 77.8 Å². The van der Waals surface area contributed by atoms with Crippen LogP contribution in [0.1, 0.15) is 5.56 Å². The summed E-state index contributed by atoms with van der Waals surface area (Å²) in [5.74, 6) is 0.784. The molecule has 5 nitrogen and oxygen atoms in total. The van der Waals surface area contributed by atoms with Crippen LogP contribution < -0.4 is 4.74 Å². The second-order valence-electron chi connectivity index (χ2n) is 5.36. The zero-order valence-corrected chi connectivity index (χ0v) is 13.6. The van der Waals surface area contributed by atoms with E-state index in [2.05, 4.69) is 4.99 Å². The van der Waals surface area contributed by atoms with E-state index in [-0.39, 0.29) is 5.69 Å². The Balaban J connectivity index is 1.91. The van der Waals surface area contributed by atoms with Gasteiger partial charge in [0.1, 0.15) is 5.75 Å². The van der Waals surface area contributed by atoms with Gasteiger partial charge in [-0.15, -0.1) is 0 Å². The van der Waals surface area contributed by atoms with Gasteiger partial charge in [0.25, 0.3) is 5.69 Å². The van der Waals surface area contributed by atoms with Crippen LogP contribution in [0.2, 0.25) is 0 Å². The molecule has 0 amide bonds. The Kier molecular flexibility index (Phi) is 4.85. The summed E-state index contributed by atoms with van der Waals surface area (Å²) in [7, 11) is 1.63. The van der Waals surface area contributed by atoms with E-state index < -0.39 is 4.92 Å². The van der Waals surface area contributed by atoms with Crippen LogP contribution in [-0.2, 0) is 0 Å². The smallest absolute Gasteiger partial charge is 0.278 e. The number of aliphatic imine (C=N–C) groups is 1. The van der Waals surface area contributed by atoms with Crippen LogP contribution in [0.25, 0.3) is 11.1 Å². The van der Waals surface area contributed by atoms with E-state index in [1.807, 2.05) is 48.5 Å². The molecule has 0 fully saturated rings. The standard InChI is InChI=1S/C20H16N2O3/c1-25-19-10-5-8-16(13-19)15-7-4-9-18(12-15)21-14-17-6-2-3-11-20(17)22(23)24/h2-14H,1H3. The molecule has 0 aliphatic rings. The highest BCUT2D eigenvalue weighted by molar-refractivity contribution is 5.87. The molecule has 124 valence electrons. The second kappa shape index (κ2) is 7.40. The van der Waals surface area contributed by atoms with Gasteiger partial charge in [-0.2, -0.15) is 0 Å². The quantitative estimate of drug-likeness (QED) is 0.374. The molecule has 0 aliphatic carbocycles. The average molecular weight is 332 g/mol. The lowest BCUT2D eigenvalue weighted by molar-refractivity contribution is -0.385. The molecular formula is C20H16N2O3. The number of hydrogen-bond donors (Lipinski definition) is 0. The summed E-state index contributed by atoms with van der Waals surface area (Å²) in [5.41, 5.74) is 3.24. The Labute approximate surface area is 145 Å². The third kappa shape index (κ3) is 3.90. The Hall–Kier alpha value is -3.47. The fourth-order valence-electron chi connectivity index (χ4n) is 2.48. The Morgan fingerprint density at radius 3 is 2.44 bits per heavy atom. The SMILES string of the molecule is COc1cccc(-c2cccc(N=Cc3ccccc3[N+](=O)[O-])c2)c1. The van der Waals surface area contributed by atoms with E-state index in [0.29, 0.717) is 5.56 Å². The number of hydrogen-bond acceptors (Lipinski definition) is 4. The molecule has 25 heavy (non-hydrogen) atoms. The van der Waals surface area contributed by atoms with E-state index in [0.717, 1.165) is 22.6 Å². The monoisotopic (exact) mass is 332 g/mol. The van der Waals surface area contributed by atoms with E-state index >= 15 is 0 Å². The van der Waals surface area contributed by atoms with Gasteiger partial charge in [0.2, 0.25) is 0 Å². The number of para-hydroxylation sites is 1. The van der Waals surface area contributed by atoms with Crippen LogP contribution in [0, 0.1) is 10.1 Å². The highest BCUT2D eigenvalue weighted by Gasteiger charge is 2.09. The van der Waals surface area contributed by atoms with Crippen LogP contribution in [0.3, 0.4) is 0 Å². The molecule has 0 aliphatic heterocycles. The van der Waals surface area contributed by atoms with Crippen molar-refractivity contribution in [2.75, 3.05) is 7.11 Å². The lowest BCUT2D eigenvalue weighted by atomic mass is 10.0. The molecule has 3 aromatic rings. The average Bonchev–Trinajstić information content (AvgIpc) is 2.67. The maximum absolute atomic E-state index is 11.1. The fraction of sp³-hybridized carbons (Fsp3) is 0.0500. The predicted octanol–water partition coefficient (Wildman–Crippen LogP) is 5.02. The second-order valence-corrected chi connectivity index (χ2v) is 5.36. The molecule has 0 N–H and O–H groups in total. The van der Waals surface area contributed by atoms with Gasteiger partial charge in [-0.3, -0.25) is 15.1 Å². The number of ether oxygens (including phenoxy) is 1. The molecule has 0 unspecified atom stereocenters. The van der Waals surface area contributed by atoms with Gasteiger partial charge in [0.05, 0.1) is 23.3 Å². The van der Waals surface area contributed by atoms with Crippen LogP contribution in [0.5, 0.6) is 5.75 Å². The van der Waals surface area contributed by atoms with E-state index in [1.54, 1.807) is 25.3 Å². The van der Waals surface area contributed by atoms with E-state index in [4.69, 9.17) is 4.74 Å². The molecule has 0 saturated carbocycles. The van der Waals surface area contributed by atoms with Crippen LogP contribution in [-0.4, -0.2) is 18.2 Å². The zero-order chi connectivity index (χ0) is 17.6. The number of nitrogens with zero attached hydrogens (tertiary/aromatic N) is 2. The summed E-state index contributed by atoms with van der Waals surface area (Å²) in [4.78, 5) is 15.0. The van der Waals surface area contributed by atoms with Crippen molar-refractivity contribution in [2.24, 2.45) is 4.99 Å². The van der Waals surface area contributed by atoms with Gasteiger partial charge in [0.15, 0.2) is 0 Å². The summed E-state index contributed by atoms with van der Waals surface area (Å²) in [6, 6.07) is 22.0. The van der Waals surface area contributed by atoms with Gasteiger partial charge < -0.3 is 4.74 Å². The molecule has 0 aromatic heterocycles. The van der Waals surface area contributed by atoms with Crippen molar-refractivity contribution in [3.63, 3.8) is 0 Å². The number of nitro groups is 1. The minimum absolute atomic E-state index is 0.0372.